The molecule has 146 valence electrons. The summed E-state index contributed by atoms with van der Waals surface area (Å²) in [5, 5.41) is 13.2. The molecule has 0 aliphatic heterocycles. The first-order valence-electron chi connectivity index (χ1n) is 10.4. The molecule has 2 aliphatic carbocycles. The molecular weight excluding hydrogens is 344 g/mol. The molecule has 4 rings (SSSR count). The average Bonchev–Trinajstić information content (AvgIpc) is 3.32. The predicted molar refractivity (Wildman–Crippen MR) is 104 cm³/mol. The van der Waals surface area contributed by atoms with Crippen LogP contribution in [0.1, 0.15) is 82.4 Å². The Morgan fingerprint density at radius 2 is 1.56 bits per heavy atom. The smallest absolute Gasteiger partial charge is 0.275 e. The van der Waals surface area contributed by atoms with E-state index in [4.69, 9.17) is 0 Å². The van der Waals surface area contributed by atoms with Gasteiger partial charge in [-0.1, -0.05) is 51.4 Å². The van der Waals surface area contributed by atoms with Gasteiger partial charge in [0.25, 0.3) is 11.0 Å². The zero-order chi connectivity index (χ0) is 19.0. The molecule has 0 radical (unpaired) electrons. The van der Waals surface area contributed by atoms with Gasteiger partial charge in [-0.05, 0) is 31.6 Å². The van der Waals surface area contributed by atoms with Crippen molar-refractivity contribution in [3.8, 4) is 16.9 Å². The summed E-state index contributed by atoms with van der Waals surface area (Å²) in [6, 6.07) is 0.113. The van der Waals surface area contributed by atoms with Crippen LogP contribution in [0.2, 0.25) is 0 Å². The number of rotatable bonds is 6. The van der Waals surface area contributed by atoms with Gasteiger partial charge in [-0.3, -0.25) is 19.5 Å². The average molecular weight is 372 g/mol. The van der Waals surface area contributed by atoms with Crippen molar-refractivity contribution in [1.82, 2.24) is 9.78 Å². The highest BCUT2D eigenvalue weighted by molar-refractivity contribution is 5.74. The van der Waals surface area contributed by atoms with Crippen LogP contribution in [-0.4, -0.2) is 14.9 Å². The van der Waals surface area contributed by atoms with Gasteiger partial charge >= 0.3 is 0 Å². The summed E-state index contributed by atoms with van der Waals surface area (Å²) in [5.74, 6) is 0.212. The molecule has 0 amide bonds. The molecule has 27 heavy (non-hydrogen) atoms. The maximum absolute atomic E-state index is 13.1. The molecule has 2 aromatic rings. The number of hydrogen-bond acceptors (Lipinski definition) is 4. The Morgan fingerprint density at radius 1 is 0.889 bits per heavy atom. The molecule has 6 nitrogen and oxygen atoms in total. The molecule has 1 aromatic carbocycles. The number of aromatic nitrogens is 2. The molecule has 0 bridgehead atoms. The van der Waals surface area contributed by atoms with Crippen molar-refractivity contribution in [3.05, 3.63) is 36.5 Å². The Kier molecular flexibility index (Phi) is 5.06. The second-order valence-corrected chi connectivity index (χ2v) is 8.36. The minimum atomic E-state index is -0.883. The van der Waals surface area contributed by atoms with Crippen molar-refractivity contribution < 1.29 is 5.11 Å². The van der Waals surface area contributed by atoms with E-state index in [1.807, 2.05) is 0 Å². The summed E-state index contributed by atoms with van der Waals surface area (Å²) in [6.07, 6.45) is 13.2. The SMILES string of the molecule is O=c1c(O)c(-c2c(CCCC3CCCC3)[nH]n(C3CCCCC3)c2=O)c1=O. The Hall–Kier alpha value is -2.11. The number of nitrogens with one attached hydrogen (secondary N) is 1. The van der Waals surface area contributed by atoms with Crippen molar-refractivity contribution in [1.29, 1.82) is 0 Å². The van der Waals surface area contributed by atoms with Crippen molar-refractivity contribution in [2.75, 3.05) is 0 Å². The van der Waals surface area contributed by atoms with E-state index in [0.717, 1.165) is 44.4 Å². The minimum absolute atomic E-state index is 0.0772. The number of H-pyrrole nitrogens is 1. The van der Waals surface area contributed by atoms with Crippen molar-refractivity contribution in [2.24, 2.45) is 5.92 Å². The quantitative estimate of drug-likeness (QED) is 0.762. The van der Waals surface area contributed by atoms with E-state index in [0.29, 0.717) is 12.1 Å². The molecule has 0 spiro atoms. The van der Waals surface area contributed by atoms with Crippen LogP contribution >= 0.6 is 0 Å². The summed E-state index contributed by atoms with van der Waals surface area (Å²) in [7, 11) is 0. The number of aromatic amines is 1. The van der Waals surface area contributed by atoms with E-state index >= 15 is 0 Å². The van der Waals surface area contributed by atoms with E-state index < -0.39 is 16.6 Å². The predicted octanol–water partition coefficient (Wildman–Crippen LogP) is 3.16. The molecule has 6 heteroatoms. The maximum atomic E-state index is 13.1. The first kappa shape index (κ1) is 18.3. The van der Waals surface area contributed by atoms with Crippen LogP contribution in [0.15, 0.2) is 14.4 Å². The van der Waals surface area contributed by atoms with E-state index in [1.54, 1.807) is 4.68 Å². The molecule has 0 unspecified atom stereocenters. The zero-order valence-corrected chi connectivity index (χ0v) is 15.8. The van der Waals surface area contributed by atoms with Gasteiger partial charge in [0.15, 0.2) is 5.75 Å². The van der Waals surface area contributed by atoms with E-state index in [2.05, 4.69) is 5.10 Å². The van der Waals surface area contributed by atoms with Crippen LogP contribution in [0.25, 0.3) is 11.1 Å². The lowest BCUT2D eigenvalue weighted by Crippen LogP contribution is -2.34. The molecule has 2 N–H and O–H groups in total. The van der Waals surface area contributed by atoms with Crippen LogP contribution in [0, 0.1) is 5.92 Å². The Labute approximate surface area is 157 Å². The molecule has 2 fully saturated rings. The fourth-order valence-corrected chi connectivity index (χ4v) is 5.01. The van der Waals surface area contributed by atoms with Gasteiger partial charge in [-0.15, -0.1) is 0 Å². The molecule has 2 aliphatic rings. The highest BCUT2D eigenvalue weighted by Crippen LogP contribution is 2.32. The fraction of sp³-hybridized carbons (Fsp3) is 0.667. The largest absolute Gasteiger partial charge is 0.503 e. The Balaban J connectivity index is 1.64. The third-order valence-corrected chi connectivity index (χ3v) is 6.58. The molecular formula is C21H28N2O4. The first-order chi connectivity index (χ1) is 13.1. The summed E-state index contributed by atoms with van der Waals surface area (Å²) >= 11 is 0. The maximum Gasteiger partial charge on any atom is 0.275 e. The highest BCUT2D eigenvalue weighted by Gasteiger charge is 2.30. The van der Waals surface area contributed by atoms with E-state index in [-0.39, 0.29) is 22.7 Å². The van der Waals surface area contributed by atoms with Gasteiger partial charge in [0, 0.05) is 5.69 Å². The van der Waals surface area contributed by atoms with Crippen LogP contribution in [0.3, 0.4) is 0 Å². The third-order valence-electron chi connectivity index (χ3n) is 6.58. The fourth-order valence-electron chi connectivity index (χ4n) is 5.01. The normalized spacial score (nSPS) is 19.3. The van der Waals surface area contributed by atoms with E-state index in [1.165, 1.54) is 32.1 Å². The summed E-state index contributed by atoms with van der Waals surface area (Å²) < 4.78 is 1.65. The summed E-state index contributed by atoms with van der Waals surface area (Å²) in [6.45, 7) is 0. The van der Waals surface area contributed by atoms with Gasteiger partial charge in [-0.25, -0.2) is 4.68 Å². The number of nitrogens with zero attached hydrogens (tertiary/aromatic N) is 1. The van der Waals surface area contributed by atoms with Crippen LogP contribution in [0.4, 0.5) is 0 Å². The highest BCUT2D eigenvalue weighted by atomic mass is 16.3. The first-order valence-corrected chi connectivity index (χ1v) is 10.4. The number of hydrogen-bond donors (Lipinski definition) is 2. The molecule has 0 saturated heterocycles. The van der Waals surface area contributed by atoms with Gasteiger partial charge < -0.3 is 5.11 Å². The monoisotopic (exact) mass is 372 g/mol. The van der Waals surface area contributed by atoms with Gasteiger partial charge in [0.2, 0.25) is 5.43 Å². The molecule has 2 saturated carbocycles. The lowest BCUT2D eigenvalue weighted by molar-refractivity contribution is 0.322. The van der Waals surface area contributed by atoms with Crippen molar-refractivity contribution >= 4 is 0 Å². The molecule has 1 heterocycles. The molecule has 0 atom stereocenters. The third kappa shape index (κ3) is 3.30. The van der Waals surface area contributed by atoms with Crippen LogP contribution < -0.4 is 16.4 Å². The number of aryl methyl sites for hydroxylation is 1. The Bertz CT molecular complexity index is 933. The van der Waals surface area contributed by atoms with Crippen molar-refractivity contribution in [3.63, 3.8) is 0 Å². The second kappa shape index (κ2) is 7.49. The lowest BCUT2D eigenvalue weighted by Gasteiger charge is -2.22. The standard InChI is InChI=1S/C21H28N2O4/c24-18-17(19(25)20(18)26)16-15(12-6-9-13-7-4-5-8-13)22-23(21(16)27)14-10-2-1-3-11-14/h13-14,22,24H,1-12H2. The molecule has 1 aromatic heterocycles. The van der Waals surface area contributed by atoms with Crippen LogP contribution in [0.5, 0.6) is 5.75 Å². The minimum Gasteiger partial charge on any atom is -0.503 e. The van der Waals surface area contributed by atoms with Gasteiger partial charge in [-0.2, -0.15) is 0 Å². The Morgan fingerprint density at radius 3 is 2.22 bits per heavy atom. The zero-order valence-electron chi connectivity index (χ0n) is 15.8. The second-order valence-electron chi connectivity index (χ2n) is 8.36. The van der Waals surface area contributed by atoms with Gasteiger partial charge in [0.05, 0.1) is 17.2 Å². The topological polar surface area (TPSA) is 92.2 Å². The van der Waals surface area contributed by atoms with Crippen LogP contribution in [-0.2, 0) is 6.42 Å². The lowest BCUT2D eigenvalue weighted by atomic mass is 9.95. The van der Waals surface area contributed by atoms with E-state index in [9.17, 15) is 19.5 Å². The van der Waals surface area contributed by atoms with Gasteiger partial charge in [0.1, 0.15) is 0 Å². The summed E-state index contributed by atoms with van der Waals surface area (Å²) in [4.78, 5) is 36.6. The summed E-state index contributed by atoms with van der Waals surface area (Å²) in [5.41, 5.74) is -1.03. The number of aromatic hydroxyl groups is 1. The van der Waals surface area contributed by atoms with Crippen molar-refractivity contribution in [2.45, 2.75) is 83.1 Å².